The predicted molar refractivity (Wildman–Crippen MR) is 77.0 cm³/mol. The second kappa shape index (κ2) is 5.23. The van der Waals surface area contributed by atoms with Crippen LogP contribution in [0.3, 0.4) is 0 Å². The fourth-order valence-electron chi connectivity index (χ4n) is 3.64. The molecule has 0 aliphatic carbocycles. The van der Waals surface area contributed by atoms with Gasteiger partial charge in [0.05, 0.1) is 5.60 Å². The molecule has 2 N–H and O–H groups in total. The Balaban J connectivity index is 1.73. The van der Waals surface area contributed by atoms with Crippen LogP contribution in [0.1, 0.15) is 25.3 Å². The Morgan fingerprint density at radius 3 is 2.89 bits per heavy atom. The first kappa shape index (κ1) is 13.1. The van der Waals surface area contributed by atoms with Gasteiger partial charge in [-0.3, -0.25) is 4.90 Å². The second-order valence-corrected chi connectivity index (χ2v) is 6.24. The molecule has 0 bridgehead atoms. The number of hydrogen-bond donors (Lipinski definition) is 2. The summed E-state index contributed by atoms with van der Waals surface area (Å²) in [6.07, 6.45) is 2.59. The topological polar surface area (TPSA) is 35.5 Å². The molecule has 0 spiro atoms. The quantitative estimate of drug-likeness (QED) is 0.866. The van der Waals surface area contributed by atoms with Gasteiger partial charge in [0.1, 0.15) is 0 Å². The van der Waals surface area contributed by atoms with E-state index in [1.807, 2.05) is 37.3 Å². The summed E-state index contributed by atoms with van der Waals surface area (Å²) in [4.78, 5) is 2.49. The molecule has 2 heterocycles. The van der Waals surface area contributed by atoms with Gasteiger partial charge in [0.2, 0.25) is 0 Å². The zero-order chi connectivity index (χ0) is 13.3. The monoisotopic (exact) mass is 260 g/mol. The summed E-state index contributed by atoms with van der Waals surface area (Å²) < 4.78 is 0. The number of likely N-dealkylation sites (tertiary alicyclic amines) is 1. The first-order valence-corrected chi connectivity index (χ1v) is 7.39. The van der Waals surface area contributed by atoms with E-state index in [-0.39, 0.29) is 0 Å². The second-order valence-electron chi connectivity index (χ2n) is 6.24. The average molecular weight is 260 g/mol. The smallest absolute Gasteiger partial charge is 0.0994 e. The lowest BCUT2D eigenvalue weighted by atomic mass is 9.89. The van der Waals surface area contributed by atoms with Crippen LogP contribution in [0.2, 0.25) is 0 Å². The minimum atomic E-state index is -0.758. The van der Waals surface area contributed by atoms with E-state index in [1.54, 1.807) is 0 Å². The highest BCUT2D eigenvalue weighted by Crippen LogP contribution is 2.30. The summed E-state index contributed by atoms with van der Waals surface area (Å²) in [5, 5.41) is 14.3. The maximum absolute atomic E-state index is 10.8. The molecule has 19 heavy (non-hydrogen) atoms. The molecular weight excluding hydrogens is 236 g/mol. The maximum Gasteiger partial charge on any atom is 0.0994 e. The van der Waals surface area contributed by atoms with Gasteiger partial charge in [-0.25, -0.2) is 0 Å². The van der Waals surface area contributed by atoms with E-state index in [2.05, 4.69) is 10.2 Å². The van der Waals surface area contributed by atoms with E-state index in [9.17, 15) is 5.11 Å². The van der Waals surface area contributed by atoms with Crippen LogP contribution in [-0.2, 0) is 5.60 Å². The highest BCUT2D eigenvalue weighted by Gasteiger charge is 2.38. The molecule has 3 atom stereocenters. The van der Waals surface area contributed by atoms with Crippen LogP contribution in [0, 0.1) is 5.92 Å². The molecule has 3 heteroatoms. The number of fused-ring (bicyclic) bond motifs is 1. The molecule has 1 aromatic rings. The molecule has 1 aromatic carbocycles. The van der Waals surface area contributed by atoms with Crippen molar-refractivity contribution in [1.82, 2.24) is 10.2 Å². The fourth-order valence-corrected chi connectivity index (χ4v) is 3.64. The maximum atomic E-state index is 10.8. The molecule has 2 fully saturated rings. The number of benzene rings is 1. The van der Waals surface area contributed by atoms with Crippen LogP contribution in [-0.4, -0.2) is 42.2 Å². The number of nitrogens with zero attached hydrogens (tertiary/aromatic N) is 1. The van der Waals surface area contributed by atoms with E-state index in [0.717, 1.165) is 37.7 Å². The van der Waals surface area contributed by atoms with Gasteiger partial charge >= 0.3 is 0 Å². The summed E-state index contributed by atoms with van der Waals surface area (Å²) in [5.74, 6) is 0.778. The van der Waals surface area contributed by atoms with Gasteiger partial charge in [-0.2, -0.15) is 0 Å². The third-order valence-electron chi connectivity index (χ3n) is 4.70. The molecule has 3 nitrogen and oxygen atoms in total. The molecular formula is C16H24N2O. The van der Waals surface area contributed by atoms with Gasteiger partial charge in [-0.1, -0.05) is 30.3 Å². The Bertz CT molecular complexity index is 418. The van der Waals surface area contributed by atoms with Gasteiger partial charge in [0.15, 0.2) is 0 Å². The van der Waals surface area contributed by atoms with Crippen LogP contribution < -0.4 is 5.32 Å². The largest absolute Gasteiger partial charge is 0.384 e. The number of piperidine rings is 1. The van der Waals surface area contributed by atoms with Crippen molar-refractivity contribution in [1.29, 1.82) is 0 Å². The third-order valence-corrected chi connectivity index (χ3v) is 4.70. The molecule has 0 aromatic heterocycles. The fraction of sp³-hybridized carbons (Fsp3) is 0.625. The minimum Gasteiger partial charge on any atom is -0.384 e. The molecule has 0 amide bonds. The normalized spacial score (nSPS) is 30.8. The Morgan fingerprint density at radius 2 is 2.11 bits per heavy atom. The minimum absolute atomic E-state index is 0.615. The molecule has 3 rings (SSSR count). The van der Waals surface area contributed by atoms with Gasteiger partial charge in [0.25, 0.3) is 0 Å². The number of rotatable bonds is 3. The summed E-state index contributed by atoms with van der Waals surface area (Å²) in [6, 6.07) is 10.7. The average Bonchev–Trinajstić information content (AvgIpc) is 2.89. The Hall–Kier alpha value is -0.900. The highest BCUT2D eigenvalue weighted by molar-refractivity contribution is 5.22. The molecule has 2 saturated heterocycles. The Labute approximate surface area is 115 Å². The van der Waals surface area contributed by atoms with Gasteiger partial charge < -0.3 is 10.4 Å². The van der Waals surface area contributed by atoms with Crippen LogP contribution >= 0.6 is 0 Å². The van der Waals surface area contributed by atoms with E-state index < -0.39 is 5.60 Å². The molecule has 0 radical (unpaired) electrons. The van der Waals surface area contributed by atoms with Crippen molar-refractivity contribution in [3.8, 4) is 0 Å². The van der Waals surface area contributed by atoms with Crippen molar-refractivity contribution in [2.75, 3.05) is 26.2 Å². The molecule has 2 aliphatic heterocycles. The lowest BCUT2D eigenvalue weighted by Crippen LogP contribution is -2.50. The number of aliphatic hydroxyl groups is 1. The lowest BCUT2D eigenvalue weighted by molar-refractivity contribution is -0.0118. The number of β-amino-alcohol motifs (C(OH)–C–C–N with tert-alkyl or cyclic N) is 1. The van der Waals surface area contributed by atoms with Crippen LogP contribution in [0.4, 0.5) is 0 Å². The van der Waals surface area contributed by atoms with E-state index in [0.29, 0.717) is 6.04 Å². The van der Waals surface area contributed by atoms with E-state index >= 15 is 0 Å². The van der Waals surface area contributed by atoms with Crippen molar-refractivity contribution in [2.45, 2.75) is 31.4 Å². The van der Waals surface area contributed by atoms with Crippen LogP contribution in [0.5, 0.6) is 0 Å². The van der Waals surface area contributed by atoms with E-state index in [1.165, 1.54) is 12.8 Å². The van der Waals surface area contributed by atoms with Crippen molar-refractivity contribution in [2.24, 2.45) is 5.92 Å². The van der Waals surface area contributed by atoms with Gasteiger partial charge in [-0.15, -0.1) is 0 Å². The Morgan fingerprint density at radius 1 is 1.32 bits per heavy atom. The number of nitrogens with one attached hydrogen (secondary N) is 1. The van der Waals surface area contributed by atoms with Crippen LogP contribution in [0.15, 0.2) is 30.3 Å². The molecule has 0 saturated carbocycles. The summed E-state index contributed by atoms with van der Waals surface area (Å²) >= 11 is 0. The lowest BCUT2D eigenvalue weighted by Gasteiger charge is -2.41. The molecule has 3 unspecified atom stereocenters. The zero-order valence-corrected chi connectivity index (χ0v) is 11.7. The summed E-state index contributed by atoms with van der Waals surface area (Å²) in [5.41, 5.74) is 0.259. The number of hydrogen-bond acceptors (Lipinski definition) is 3. The predicted octanol–water partition coefficient (Wildman–Crippen LogP) is 1.58. The molecule has 2 aliphatic rings. The first-order valence-electron chi connectivity index (χ1n) is 7.39. The third kappa shape index (κ3) is 2.69. The van der Waals surface area contributed by atoms with Crippen LogP contribution in [0.25, 0.3) is 0 Å². The first-order chi connectivity index (χ1) is 9.17. The van der Waals surface area contributed by atoms with Gasteiger partial charge in [0, 0.05) is 19.1 Å². The van der Waals surface area contributed by atoms with Crippen molar-refractivity contribution in [3.63, 3.8) is 0 Å². The Kier molecular flexibility index (Phi) is 3.61. The summed E-state index contributed by atoms with van der Waals surface area (Å²) in [7, 11) is 0. The van der Waals surface area contributed by atoms with Crippen molar-refractivity contribution >= 4 is 0 Å². The van der Waals surface area contributed by atoms with E-state index in [4.69, 9.17) is 0 Å². The zero-order valence-electron chi connectivity index (χ0n) is 11.7. The van der Waals surface area contributed by atoms with Crippen molar-refractivity contribution in [3.05, 3.63) is 35.9 Å². The van der Waals surface area contributed by atoms with Crippen molar-refractivity contribution < 1.29 is 5.11 Å². The SMILES string of the molecule is CC(O)(CN1CCCC2CNCC21)c1ccccc1. The summed E-state index contributed by atoms with van der Waals surface area (Å²) in [6.45, 7) is 6.02. The highest BCUT2D eigenvalue weighted by atomic mass is 16.3. The standard InChI is InChI=1S/C16H24N2O/c1-16(19,14-7-3-2-4-8-14)12-18-9-5-6-13-10-17-11-15(13)18/h2-4,7-8,13,15,17,19H,5-6,9-12H2,1H3. The van der Waals surface area contributed by atoms with Gasteiger partial charge in [-0.05, 0) is 44.3 Å². The molecule has 104 valence electrons.